The molecule has 0 bridgehead atoms. The van der Waals surface area contributed by atoms with E-state index in [4.69, 9.17) is 20.8 Å². The molecule has 0 N–H and O–H groups in total. The summed E-state index contributed by atoms with van der Waals surface area (Å²) in [5, 5.41) is 1.16. The molecule has 1 aliphatic heterocycles. The van der Waals surface area contributed by atoms with Crippen LogP contribution in [-0.4, -0.2) is 54.1 Å². The summed E-state index contributed by atoms with van der Waals surface area (Å²) in [6.45, 7) is 3.77. The first-order valence-electron chi connectivity index (χ1n) is 12.1. The number of benzene rings is 2. The van der Waals surface area contributed by atoms with Gasteiger partial charge in [-0.15, -0.1) is 0 Å². The third-order valence-corrected chi connectivity index (χ3v) is 6.71. The van der Waals surface area contributed by atoms with Crippen molar-refractivity contribution >= 4 is 40.1 Å². The van der Waals surface area contributed by atoms with Crippen molar-refractivity contribution in [3.8, 4) is 0 Å². The molecule has 1 amide bonds. The predicted molar refractivity (Wildman–Crippen MR) is 148 cm³/mol. The quantitative estimate of drug-likeness (QED) is 0.320. The van der Waals surface area contributed by atoms with E-state index in [0.29, 0.717) is 47.8 Å². The fraction of sp³-hybridized carbons (Fsp3) is 0.276. The van der Waals surface area contributed by atoms with Gasteiger partial charge in [0.05, 0.1) is 30.6 Å². The molecule has 0 radical (unpaired) electrons. The van der Waals surface area contributed by atoms with Gasteiger partial charge in [-0.25, -0.2) is 4.79 Å². The molecule has 0 aliphatic carbocycles. The smallest absolute Gasteiger partial charge is 0.345 e. The van der Waals surface area contributed by atoms with Crippen LogP contribution >= 0.6 is 11.6 Å². The third kappa shape index (κ3) is 5.17. The van der Waals surface area contributed by atoms with Crippen molar-refractivity contribution in [3.05, 3.63) is 99.2 Å². The molecule has 8 nitrogen and oxygen atoms in total. The van der Waals surface area contributed by atoms with E-state index in [1.165, 1.54) is 6.26 Å². The van der Waals surface area contributed by atoms with E-state index in [-0.39, 0.29) is 37.8 Å². The Morgan fingerprint density at radius 2 is 1.74 bits per heavy atom. The van der Waals surface area contributed by atoms with Gasteiger partial charge in [0.2, 0.25) is 0 Å². The van der Waals surface area contributed by atoms with E-state index in [2.05, 4.69) is 0 Å². The molecule has 0 unspecified atom stereocenters. The Kier molecular flexibility index (Phi) is 8.22. The second-order valence-electron chi connectivity index (χ2n) is 8.74. The van der Waals surface area contributed by atoms with Crippen LogP contribution in [-0.2, 0) is 11.3 Å². The first kappa shape index (κ1) is 27.0. The Morgan fingerprint density at radius 1 is 1.00 bits per heavy atom. The van der Waals surface area contributed by atoms with Crippen LogP contribution in [0.15, 0.2) is 76.1 Å². The number of nitrogens with zero attached hydrogens (tertiary/aromatic N) is 3. The normalized spacial score (nSPS) is 13.3. The molecular weight excluding hydrogens is 506 g/mol. The van der Waals surface area contributed by atoms with Crippen LogP contribution in [0.5, 0.6) is 0 Å². The van der Waals surface area contributed by atoms with Crippen molar-refractivity contribution in [2.75, 3.05) is 37.7 Å². The van der Waals surface area contributed by atoms with Gasteiger partial charge in [0.25, 0.3) is 11.5 Å². The van der Waals surface area contributed by atoms with Crippen LogP contribution in [0.25, 0.3) is 10.9 Å². The maximum atomic E-state index is 13.9. The predicted octanol–water partition coefficient (Wildman–Crippen LogP) is 5.07. The maximum Gasteiger partial charge on any atom is 0.345 e. The van der Waals surface area contributed by atoms with E-state index >= 15 is 0 Å². The molecule has 4 aromatic rings. The van der Waals surface area contributed by atoms with Gasteiger partial charge in [-0.2, -0.15) is 0 Å². The number of hydrogen-bond donors (Lipinski definition) is 0. The summed E-state index contributed by atoms with van der Waals surface area (Å²) in [6.07, 6.45) is 1.47. The highest BCUT2D eigenvalue weighted by Crippen LogP contribution is 2.33. The van der Waals surface area contributed by atoms with Crippen molar-refractivity contribution in [2.24, 2.45) is 0 Å². The second kappa shape index (κ2) is 11.6. The van der Waals surface area contributed by atoms with Crippen LogP contribution in [0, 0.1) is 0 Å². The molecule has 2 aromatic carbocycles. The summed E-state index contributed by atoms with van der Waals surface area (Å²) in [4.78, 5) is 43.5. The molecule has 0 atom stereocenters. The Bertz CT molecular complexity index is 1490. The lowest BCUT2D eigenvalue weighted by Crippen LogP contribution is -2.49. The number of pyridine rings is 1. The van der Waals surface area contributed by atoms with Gasteiger partial charge in [0.15, 0.2) is 5.76 Å². The van der Waals surface area contributed by atoms with Crippen molar-refractivity contribution in [1.29, 1.82) is 0 Å². The number of hydrogen-bond acceptors (Lipinski definition) is 6. The van der Waals surface area contributed by atoms with Crippen molar-refractivity contribution in [2.45, 2.75) is 20.9 Å². The standard InChI is InChI=1S/C28H26ClN3O5.CH4/c1-2-36-28(35)24-25(30-12-14-31(15-13-30)26(33)23-9-6-16-37-23)21-17-20(29)10-11-22(21)32(27(24)34)18-19-7-4-3-5-8-19;/h3-11,16-17H,2,12-15,18H2,1H3;1H4. The molecule has 38 heavy (non-hydrogen) atoms. The molecule has 0 spiro atoms. The number of anilines is 1. The van der Waals surface area contributed by atoms with Crippen LogP contribution in [0.2, 0.25) is 5.02 Å². The van der Waals surface area contributed by atoms with Crippen LogP contribution in [0.3, 0.4) is 0 Å². The fourth-order valence-corrected chi connectivity index (χ4v) is 4.91. The minimum atomic E-state index is -0.680. The van der Waals surface area contributed by atoms with E-state index in [1.807, 2.05) is 35.2 Å². The van der Waals surface area contributed by atoms with E-state index in [1.54, 1.807) is 46.7 Å². The number of furan rings is 1. The number of halogens is 1. The molecular formula is C29H30ClN3O5. The summed E-state index contributed by atoms with van der Waals surface area (Å²) in [7, 11) is 0. The molecule has 1 fully saturated rings. The maximum absolute atomic E-state index is 13.9. The lowest BCUT2D eigenvalue weighted by atomic mass is 10.0. The highest BCUT2D eigenvalue weighted by molar-refractivity contribution is 6.31. The zero-order valence-electron chi connectivity index (χ0n) is 20.4. The molecule has 9 heteroatoms. The Labute approximate surface area is 226 Å². The summed E-state index contributed by atoms with van der Waals surface area (Å²) in [5.74, 6) is -0.594. The summed E-state index contributed by atoms with van der Waals surface area (Å²) in [5.41, 5.74) is 1.61. The first-order valence-corrected chi connectivity index (χ1v) is 12.5. The van der Waals surface area contributed by atoms with E-state index < -0.39 is 11.5 Å². The van der Waals surface area contributed by atoms with Crippen LogP contribution in [0.1, 0.15) is 40.8 Å². The molecule has 1 saturated heterocycles. The lowest BCUT2D eigenvalue weighted by Gasteiger charge is -2.37. The third-order valence-electron chi connectivity index (χ3n) is 6.48. The van der Waals surface area contributed by atoms with Gasteiger partial charge in [-0.3, -0.25) is 9.59 Å². The van der Waals surface area contributed by atoms with Gasteiger partial charge in [-0.1, -0.05) is 49.4 Å². The number of amides is 1. The molecule has 198 valence electrons. The monoisotopic (exact) mass is 535 g/mol. The number of carbonyl (C=O) groups is 2. The Morgan fingerprint density at radius 3 is 2.39 bits per heavy atom. The van der Waals surface area contributed by atoms with Crippen molar-refractivity contribution < 1.29 is 18.7 Å². The van der Waals surface area contributed by atoms with Crippen LogP contribution in [0.4, 0.5) is 5.69 Å². The largest absolute Gasteiger partial charge is 0.462 e. The number of aromatic nitrogens is 1. The Balaban J connectivity index is 0.00000336. The number of fused-ring (bicyclic) bond motifs is 1. The number of esters is 1. The number of rotatable bonds is 6. The molecule has 0 saturated carbocycles. The molecule has 3 heterocycles. The van der Waals surface area contributed by atoms with Gasteiger partial charge < -0.3 is 23.5 Å². The van der Waals surface area contributed by atoms with Crippen molar-refractivity contribution in [1.82, 2.24) is 9.47 Å². The molecule has 2 aromatic heterocycles. The summed E-state index contributed by atoms with van der Waals surface area (Å²) >= 11 is 6.41. The van der Waals surface area contributed by atoms with Crippen LogP contribution < -0.4 is 10.5 Å². The SMILES string of the molecule is C.CCOC(=O)c1c(N2CCN(C(=O)c3ccco3)CC2)c2cc(Cl)ccc2n(Cc2ccccc2)c1=O. The summed E-state index contributed by atoms with van der Waals surface area (Å²) in [6, 6.07) is 18.2. The fourth-order valence-electron chi connectivity index (χ4n) is 4.74. The minimum Gasteiger partial charge on any atom is -0.462 e. The van der Waals surface area contributed by atoms with Crippen molar-refractivity contribution in [3.63, 3.8) is 0 Å². The van der Waals surface area contributed by atoms with Gasteiger partial charge >= 0.3 is 5.97 Å². The first-order chi connectivity index (χ1) is 18.0. The average molecular weight is 536 g/mol. The highest BCUT2D eigenvalue weighted by Gasteiger charge is 2.31. The minimum absolute atomic E-state index is 0. The number of piperazine rings is 1. The molecule has 5 rings (SSSR count). The average Bonchev–Trinajstić information content (AvgIpc) is 3.45. The van der Waals surface area contributed by atoms with Gasteiger partial charge in [0.1, 0.15) is 5.56 Å². The molecule has 1 aliphatic rings. The van der Waals surface area contributed by atoms with E-state index in [9.17, 15) is 14.4 Å². The number of carbonyl (C=O) groups excluding carboxylic acids is 2. The van der Waals surface area contributed by atoms with Gasteiger partial charge in [0, 0.05) is 36.6 Å². The topological polar surface area (TPSA) is 85.0 Å². The van der Waals surface area contributed by atoms with Gasteiger partial charge in [-0.05, 0) is 42.8 Å². The second-order valence-corrected chi connectivity index (χ2v) is 9.18. The highest BCUT2D eigenvalue weighted by atomic mass is 35.5. The van der Waals surface area contributed by atoms with E-state index in [0.717, 1.165) is 5.56 Å². The zero-order chi connectivity index (χ0) is 25.9. The Hall–Kier alpha value is -4.04. The zero-order valence-corrected chi connectivity index (χ0v) is 21.1. The lowest BCUT2D eigenvalue weighted by molar-refractivity contribution is 0.0523. The number of ether oxygens (including phenoxy) is 1. The summed E-state index contributed by atoms with van der Waals surface area (Å²) < 4.78 is 12.2.